The van der Waals surface area contributed by atoms with Gasteiger partial charge in [-0.15, -0.1) is 4.40 Å². The number of para-hydroxylation sites is 2. The van der Waals surface area contributed by atoms with Crippen LogP contribution in [0.5, 0.6) is 0 Å². The summed E-state index contributed by atoms with van der Waals surface area (Å²) in [4.78, 5) is 17.1. The minimum absolute atomic E-state index is 0.108. The van der Waals surface area contributed by atoms with Gasteiger partial charge in [0.05, 0.1) is 5.69 Å². The number of amides is 1. The maximum atomic E-state index is 12.3. The molecular formula is C22H27N5O3S. The maximum Gasteiger partial charge on any atom is 0.286 e. The minimum atomic E-state index is -3.71. The van der Waals surface area contributed by atoms with Crippen molar-refractivity contribution in [1.82, 2.24) is 10.2 Å². The summed E-state index contributed by atoms with van der Waals surface area (Å²) in [5.41, 5.74) is 1.75. The molecule has 0 spiro atoms. The minimum Gasteiger partial charge on any atom is -0.369 e. The molecule has 1 amide bonds. The highest BCUT2D eigenvalue weighted by atomic mass is 32.2. The lowest BCUT2D eigenvalue weighted by Crippen LogP contribution is -2.48. The number of piperazine rings is 1. The highest BCUT2D eigenvalue weighted by Crippen LogP contribution is 2.27. The SMILES string of the molecule is O=C(CCC1=NS(=O)(=O)c2ccccc2N1)NCCN1CCN(c2ccccc2)CC1. The Morgan fingerprint density at radius 2 is 1.71 bits per heavy atom. The molecule has 2 heterocycles. The van der Waals surface area contributed by atoms with Gasteiger partial charge in [0.15, 0.2) is 0 Å². The van der Waals surface area contributed by atoms with Gasteiger partial charge in [-0.3, -0.25) is 9.69 Å². The Balaban J connectivity index is 1.17. The van der Waals surface area contributed by atoms with Crippen LogP contribution >= 0.6 is 0 Å². The molecule has 2 aliphatic rings. The van der Waals surface area contributed by atoms with E-state index in [-0.39, 0.29) is 23.6 Å². The molecule has 9 heteroatoms. The first-order valence-electron chi connectivity index (χ1n) is 10.5. The van der Waals surface area contributed by atoms with Crippen molar-refractivity contribution in [3.05, 3.63) is 54.6 Å². The number of rotatable bonds is 7. The van der Waals surface area contributed by atoms with Crippen molar-refractivity contribution in [1.29, 1.82) is 0 Å². The predicted molar refractivity (Wildman–Crippen MR) is 122 cm³/mol. The molecule has 0 aromatic heterocycles. The van der Waals surface area contributed by atoms with Crippen molar-refractivity contribution in [2.45, 2.75) is 17.7 Å². The van der Waals surface area contributed by atoms with Crippen molar-refractivity contribution in [2.24, 2.45) is 4.40 Å². The number of sulfonamides is 1. The van der Waals surface area contributed by atoms with E-state index >= 15 is 0 Å². The number of hydrogen-bond acceptors (Lipinski definition) is 6. The Morgan fingerprint density at radius 3 is 2.48 bits per heavy atom. The normalized spacial score (nSPS) is 17.9. The Bertz CT molecular complexity index is 1050. The third-order valence-corrected chi connectivity index (χ3v) is 6.88. The lowest BCUT2D eigenvalue weighted by molar-refractivity contribution is -0.121. The second-order valence-electron chi connectivity index (χ2n) is 7.65. The van der Waals surface area contributed by atoms with E-state index in [4.69, 9.17) is 0 Å². The molecule has 0 atom stereocenters. The number of benzene rings is 2. The van der Waals surface area contributed by atoms with E-state index in [1.807, 2.05) is 6.07 Å². The zero-order chi connectivity index (χ0) is 21.7. The Labute approximate surface area is 183 Å². The first kappa shape index (κ1) is 21.3. The highest BCUT2D eigenvalue weighted by molar-refractivity contribution is 7.90. The molecule has 8 nitrogen and oxygen atoms in total. The van der Waals surface area contributed by atoms with Crippen LogP contribution in [0.4, 0.5) is 11.4 Å². The van der Waals surface area contributed by atoms with Crippen LogP contribution in [0.25, 0.3) is 0 Å². The summed E-state index contributed by atoms with van der Waals surface area (Å²) in [5.74, 6) is 0.189. The monoisotopic (exact) mass is 441 g/mol. The molecule has 2 aromatic rings. The summed E-state index contributed by atoms with van der Waals surface area (Å²) in [6.07, 6.45) is 0.431. The molecule has 0 radical (unpaired) electrons. The third kappa shape index (κ3) is 5.42. The molecule has 164 valence electrons. The van der Waals surface area contributed by atoms with E-state index in [2.05, 4.69) is 49.1 Å². The number of amidine groups is 1. The van der Waals surface area contributed by atoms with Crippen molar-refractivity contribution >= 4 is 33.1 Å². The fraction of sp³-hybridized carbons (Fsp3) is 0.364. The van der Waals surface area contributed by atoms with Crippen molar-refractivity contribution in [3.63, 3.8) is 0 Å². The standard InChI is InChI=1S/C22H27N5O3S/c28-22(11-10-21-24-19-8-4-5-9-20(19)31(29,30)25-21)23-12-13-26-14-16-27(17-15-26)18-6-2-1-3-7-18/h1-9H,10-17H2,(H,23,28)(H,24,25). The van der Waals surface area contributed by atoms with Gasteiger partial charge in [0.1, 0.15) is 10.7 Å². The molecule has 0 aliphatic carbocycles. The van der Waals surface area contributed by atoms with Crippen LogP contribution in [0.15, 0.2) is 63.9 Å². The smallest absolute Gasteiger partial charge is 0.286 e. The van der Waals surface area contributed by atoms with E-state index in [0.717, 1.165) is 32.7 Å². The number of nitrogens with zero attached hydrogens (tertiary/aromatic N) is 3. The highest BCUT2D eigenvalue weighted by Gasteiger charge is 2.24. The van der Waals surface area contributed by atoms with E-state index in [1.165, 1.54) is 11.8 Å². The number of hydrogen-bond donors (Lipinski definition) is 2. The number of anilines is 2. The van der Waals surface area contributed by atoms with Gasteiger partial charge in [-0.1, -0.05) is 30.3 Å². The summed E-state index contributed by atoms with van der Waals surface area (Å²) < 4.78 is 28.3. The van der Waals surface area contributed by atoms with E-state index in [1.54, 1.807) is 18.2 Å². The molecule has 0 unspecified atom stereocenters. The fourth-order valence-corrected chi connectivity index (χ4v) is 4.99. The maximum absolute atomic E-state index is 12.3. The second-order valence-corrected chi connectivity index (χ2v) is 9.22. The molecule has 31 heavy (non-hydrogen) atoms. The number of fused-ring (bicyclic) bond motifs is 1. The van der Waals surface area contributed by atoms with Crippen molar-refractivity contribution in [3.8, 4) is 0 Å². The summed E-state index contributed by atoms with van der Waals surface area (Å²) in [6, 6.07) is 17.0. The molecule has 2 N–H and O–H groups in total. The van der Waals surface area contributed by atoms with Crippen LogP contribution in [0.2, 0.25) is 0 Å². The van der Waals surface area contributed by atoms with E-state index < -0.39 is 10.0 Å². The number of carbonyl (C=O) groups is 1. The fourth-order valence-electron chi connectivity index (χ4n) is 3.82. The van der Waals surface area contributed by atoms with Crippen molar-refractivity contribution < 1.29 is 13.2 Å². The molecule has 0 bridgehead atoms. The summed E-state index contributed by atoms with van der Waals surface area (Å²) >= 11 is 0. The molecule has 2 aliphatic heterocycles. The number of carbonyl (C=O) groups excluding carboxylic acids is 1. The zero-order valence-corrected chi connectivity index (χ0v) is 18.1. The average Bonchev–Trinajstić information content (AvgIpc) is 2.78. The first-order valence-corrected chi connectivity index (χ1v) is 11.9. The number of nitrogens with one attached hydrogen (secondary N) is 2. The lowest BCUT2D eigenvalue weighted by atomic mass is 10.2. The molecule has 1 saturated heterocycles. The van der Waals surface area contributed by atoms with Crippen LogP contribution in [0.3, 0.4) is 0 Å². The molecular weight excluding hydrogens is 414 g/mol. The van der Waals surface area contributed by atoms with Crippen LogP contribution in [0.1, 0.15) is 12.8 Å². The van der Waals surface area contributed by atoms with Gasteiger partial charge < -0.3 is 15.5 Å². The summed E-state index contributed by atoms with van der Waals surface area (Å²) in [5, 5.41) is 5.94. The van der Waals surface area contributed by atoms with Gasteiger partial charge in [-0.25, -0.2) is 0 Å². The van der Waals surface area contributed by atoms with Crippen LogP contribution in [-0.4, -0.2) is 64.3 Å². The van der Waals surface area contributed by atoms with Gasteiger partial charge >= 0.3 is 0 Å². The van der Waals surface area contributed by atoms with Crippen LogP contribution in [-0.2, 0) is 14.8 Å². The lowest BCUT2D eigenvalue weighted by Gasteiger charge is -2.36. The summed E-state index contributed by atoms with van der Waals surface area (Å²) in [7, 11) is -3.71. The largest absolute Gasteiger partial charge is 0.369 e. The molecule has 0 saturated carbocycles. The van der Waals surface area contributed by atoms with Gasteiger partial charge in [0, 0.05) is 57.8 Å². The van der Waals surface area contributed by atoms with Crippen LogP contribution < -0.4 is 15.5 Å². The third-order valence-electron chi connectivity index (χ3n) is 5.51. The Morgan fingerprint density at radius 1 is 1.00 bits per heavy atom. The van der Waals surface area contributed by atoms with E-state index in [9.17, 15) is 13.2 Å². The van der Waals surface area contributed by atoms with Gasteiger partial charge in [0.2, 0.25) is 5.91 Å². The quantitative estimate of drug-likeness (QED) is 0.682. The molecule has 1 fully saturated rings. The zero-order valence-electron chi connectivity index (χ0n) is 17.3. The van der Waals surface area contributed by atoms with E-state index in [0.29, 0.717) is 18.1 Å². The van der Waals surface area contributed by atoms with Crippen molar-refractivity contribution in [2.75, 3.05) is 49.5 Å². The molecule has 2 aromatic carbocycles. The average molecular weight is 442 g/mol. The van der Waals surface area contributed by atoms with Gasteiger partial charge in [-0.05, 0) is 24.3 Å². The predicted octanol–water partition coefficient (Wildman–Crippen LogP) is 1.92. The topological polar surface area (TPSA) is 94.1 Å². The second kappa shape index (κ2) is 9.49. The van der Waals surface area contributed by atoms with Gasteiger partial charge in [-0.2, -0.15) is 8.42 Å². The van der Waals surface area contributed by atoms with Gasteiger partial charge in [0.25, 0.3) is 10.0 Å². The molecule has 4 rings (SSSR count). The Kier molecular flexibility index (Phi) is 6.53. The summed E-state index contributed by atoms with van der Waals surface area (Å²) in [6.45, 7) is 5.24. The first-order chi connectivity index (χ1) is 15.0. The van der Waals surface area contributed by atoms with Crippen LogP contribution in [0, 0.1) is 0 Å². The Hall–Kier alpha value is -2.91.